The number of rotatable bonds is 3. The van der Waals surface area contributed by atoms with Gasteiger partial charge in [0.15, 0.2) is 0 Å². The largest absolute Gasteiger partial charge is 0.465 e. The highest BCUT2D eigenvalue weighted by Crippen LogP contribution is 2.17. The van der Waals surface area contributed by atoms with Crippen molar-refractivity contribution in [1.82, 2.24) is 5.32 Å². The van der Waals surface area contributed by atoms with Crippen LogP contribution in [0.1, 0.15) is 11.6 Å². The summed E-state index contributed by atoms with van der Waals surface area (Å²) in [6.45, 7) is -0.299. The lowest BCUT2D eigenvalue weighted by Crippen LogP contribution is -2.29. The molecule has 0 saturated carbocycles. The minimum atomic E-state index is -1.18. The van der Waals surface area contributed by atoms with Crippen LogP contribution in [0.25, 0.3) is 0 Å². The van der Waals surface area contributed by atoms with Gasteiger partial charge in [-0.1, -0.05) is 23.7 Å². The number of nitrogens with one attached hydrogen (secondary N) is 1. The standard InChI is InChI=1S/C9H10ClNO3/c10-7-3-1-2-6(4-7)8(5-12)11-9(13)14/h1-4,8,11-12H,5H2,(H,13,14). The summed E-state index contributed by atoms with van der Waals surface area (Å²) >= 11 is 5.73. The molecule has 76 valence electrons. The Kier molecular flexibility index (Phi) is 3.73. The predicted octanol–water partition coefficient (Wildman–Crippen LogP) is 1.64. The van der Waals surface area contributed by atoms with E-state index in [0.717, 1.165) is 0 Å². The lowest BCUT2D eigenvalue weighted by atomic mass is 10.1. The number of aliphatic hydroxyl groups is 1. The fourth-order valence-electron chi connectivity index (χ4n) is 1.11. The summed E-state index contributed by atoms with van der Waals surface area (Å²) in [6.07, 6.45) is -1.18. The van der Waals surface area contributed by atoms with Crippen molar-refractivity contribution in [2.24, 2.45) is 0 Å². The molecule has 0 aliphatic carbocycles. The lowest BCUT2D eigenvalue weighted by molar-refractivity contribution is 0.177. The molecule has 1 atom stereocenters. The van der Waals surface area contributed by atoms with Crippen molar-refractivity contribution in [3.8, 4) is 0 Å². The third-order valence-corrected chi connectivity index (χ3v) is 1.97. The third-order valence-electron chi connectivity index (χ3n) is 1.73. The van der Waals surface area contributed by atoms with E-state index < -0.39 is 12.1 Å². The zero-order chi connectivity index (χ0) is 10.6. The number of hydrogen-bond donors (Lipinski definition) is 3. The first-order valence-corrected chi connectivity index (χ1v) is 4.37. The average Bonchev–Trinajstić information content (AvgIpc) is 2.14. The van der Waals surface area contributed by atoms with Crippen molar-refractivity contribution in [3.63, 3.8) is 0 Å². The van der Waals surface area contributed by atoms with E-state index in [1.807, 2.05) is 0 Å². The molecule has 1 aromatic carbocycles. The summed E-state index contributed by atoms with van der Waals surface area (Å²) in [6, 6.07) is 6.05. The van der Waals surface area contributed by atoms with E-state index in [4.69, 9.17) is 21.8 Å². The fourth-order valence-corrected chi connectivity index (χ4v) is 1.31. The molecule has 1 aromatic rings. The van der Waals surface area contributed by atoms with Gasteiger partial charge in [-0.3, -0.25) is 0 Å². The van der Waals surface area contributed by atoms with Crippen LogP contribution in [0, 0.1) is 0 Å². The zero-order valence-corrected chi connectivity index (χ0v) is 8.03. The van der Waals surface area contributed by atoms with E-state index in [9.17, 15) is 4.79 Å². The summed E-state index contributed by atoms with van der Waals surface area (Å²) in [5, 5.41) is 20.1. The normalized spacial score (nSPS) is 12.1. The highest BCUT2D eigenvalue weighted by atomic mass is 35.5. The molecular weight excluding hydrogens is 206 g/mol. The molecule has 0 bridgehead atoms. The van der Waals surface area contributed by atoms with Gasteiger partial charge in [-0.15, -0.1) is 0 Å². The van der Waals surface area contributed by atoms with Gasteiger partial charge in [0, 0.05) is 5.02 Å². The highest BCUT2D eigenvalue weighted by Gasteiger charge is 2.12. The summed E-state index contributed by atoms with van der Waals surface area (Å²) in [5.74, 6) is 0. The molecule has 0 radical (unpaired) electrons. The Morgan fingerprint density at radius 3 is 2.79 bits per heavy atom. The Morgan fingerprint density at radius 2 is 2.29 bits per heavy atom. The van der Waals surface area contributed by atoms with Crippen molar-refractivity contribution in [1.29, 1.82) is 0 Å². The number of amides is 1. The van der Waals surface area contributed by atoms with Crippen LogP contribution in [0.5, 0.6) is 0 Å². The van der Waals surface area contributed by atoms with Crippen molar-refractivity contribution in [2.75, 3.05) is 6.61 Å². The Morgan fingerprint density at radius 1 is 1.57 bits per heavy atom. The maximum absolute atomic E-state index is 10.4. The van der Waals surface area contributed by atoms with Gasteiger partial charge < -0.3 is 15.5 Å². The Bertz CT molecular complexity index is 330. The molecule has 1 amide bonds. The van der Waals surface area contributed by atoms with Crippen LogP contribution >= 0.6 is 11.6 Å². The SMILES string of the molecule is O=C(O)NC(CO)c1cccc(Cl)c1. The van der Waals surface area contributed by atoms with Gasteiger partial charge in [-0.05, 0) is 17.7 Å². The average molecular weight is 216 g/mol. The fraction of sp³-hybridized carbons (Fsp3) is 0.222. The second kappa shape index (κ2) is 4.83. The lowest BCUT2D eigenvalue weighted by Gasteiger charge is -2.14. The van der Waals surface area contributed by atoms with E-state index in [2.05, 4.69) is 5.32 Å². The van der Waals surface area contributed by atoms with Crippen molar-refractivity contribution < 1.29 is 15.0 Å². The number of benzene rings is 1. The molecule has 3 N–H and O–H groups in total. The minimum absolute atomic E-state index is 0.299. The molecular formula is C9H10ClNO3. The Balaban J connectivity index is 2.83. The Labute approximate surface area is 86.1 Å². The molecule has 0 saturated heterocycles. The second-order valence-electron chi connectivity index (χ2n) is 2.74. The minimum Gasteiger partial charge on any atom is -0.465 e. The van der Waals surface area contributed by atoms with Crippen LogP contribution in [0.3, 0.4) is 0 Å². The monoisotopic (exact) mass is 215 g/mol. The van der Waals surface area contributed by atoms with E-state index in [1.54, 1.807) is 24.3 Å². The van der Waals surface area contributed by atoms with Gasteiger partial charge in [-0.25, -0.2) is 4.79 Å². The Hall–Kier alpha value is -1.26. The van der Waals surface area contributed by atoms with Crippen molar-refractivity contribution in [2.45, 2.75) is 6.04 Å². The number of carboxylic acid groups (broad SMARTS) is 1. The predicted molar refractivity (Wildman–Crippen MR) is 52.4 cm³/mol. The molecule has 1 rings (SSSR count). The summed E-state index contributed by atoms with van der Waals surface area (Å²) in [7, 11) is 0. The van der Waals surface area contributed by atoms with Gasteiger partial charge in [0.2, 0.25) is 0 Å². The van der Waals surface area contributed by atoms with Crippen LogP contribution in [-0.2, 0) is 0 Å². The quantitative estimate of drug-likeness (QED) is 0.718. The van der Waals surface area contributed by atoms with E-state index >= 15 is 0 Å². The smallest absolute Gasteiger partial charge is 0.405 e. The maximum Gasteiger partial charge on any atom is 0.405 e. The van der Waals surface area contributed by atoms with Gasteiger partial charge in [0.1, 0.15) is 0 Å². The second-order valence-corrected chi connectivity index (χ2v) is 3.18. The van der Waals surface area contributed by atoms with Crippen LogP contribution in [0.4, 0.5) is 4.79 Å². The first kappa shape index (κ1) is 10.8. The van der Waals surface area contributed by atoms with Gasteiger partial charge >= 0.3 is 6.09 Å². The topological polar surface area (TPSA) is 69.6 Å². The summed E-state index contributed by atoms with van der Waals surface area (Å²) in [4.78, 5) is 10.4. The van der Waals surface area contributed by atoms with Gasteiger partial charge in [0.25, 0.3) is 0 Å². The van der Waals surface area contributed by atoms with Crippen molar-refractivity contribution >= 4 is 17.7 Å². The third kappa shape index (κ3) is 2.90. The van der Waals surface area contributed by atoms with Crippen LogP contribution in [0.15, 0.2) is 24.3 Å². The molecule has 0 heterocycles. The molecule has 5 heteroatoms. The number of carbonyl (C=O) groups is 1. The van der Waals surface area contributed by atoms with E-state index in [-0.39, 0.29) is 6.61 Å². The first-order valence-electron chi connectivity index (χ1n) is 3.99. The molecule has 0 aromatic heterocycles. The molecule has 0 spiro atoms. The number of aliphatic hydroxyl groups excluding tert-OH is 1. The van der Waals surface area contributed by atoms with Gasteiger partial charge in [-0.2, -0.15) is 0 Å². The van der Waals surface area contributed by atoms with Crippen LogP contribution < -0.4 is 5.32 Å². The molecule has 4 nitrogen and oxygen atoms in total. The van der Waals surface area contributed by atoms with Gasteiger partial charge in [0.05, 0.1) is 12.6 Å². The molecule has 0 aliphatic rings. The van der Waals surface area contributed by atoms with Crippen LogP contribution in [0.2, 0.25) is 5.02 Å². The van der Waals surface area contributed by atoms with Crippen LogP contribution in [-0.4, -0.2) is 22.9 Å². The van der Waals surface area contributed by atoms with Crippen molar-refractivity contribution in [3.05, 3.63) is 34.9 Å². The number of halogens is 1. The summed E-state index contributed by atoms with van der Waals surface area (Å²) in [5.41, 5.74) is 0.641. The number of hydrogen-bond acceptors (Lipinski definition) is 2. The van der Waals surface area contributed by atoms with E-state index in [0.29, 0.717) is 10.6 Å². The molecule has 14 heavy (non-hydrogen) atoms. The summed E-state index contributed by atoms with van der Waals surface area (Å²) < 4.78 is 0. The maximum atomic E-state index is 10.4. The highest BCUT2D eigenvalue weighted by molar-refractivity contribution is 6.30. The molecule has 1 unspecified atom stereocenters. The molecule has 0 aliphatic heterocycles. The van der Waals surface area contributed by atoms with E-state index in [1.165, 1.54) is 0 Å². The molecule has 0 fully saturated rings. The first-order chi connectivity index (χ1) is 6.63. The zero-order valence-electron chi connectivity index (χ0n) is 7.27.